The normalized spacial score (nSPS) is 12.6. The van der Waals surface area contributed by atoms with E-state index in [1.165, 1.54) is 19.2 Å². The lowest BCUT2D eigenvalue weighted by molar-refractivity contribution is -0.142. The maximum absolute atomic E-state index is 12.4. The molecule has 22 heavy (non-hydrogen) atoms. The zero-order chi connectivity index (χ0) is 16.2. The first kappa shape index (κ1) is 16.9. The van der Waals surface area contributed by atoms with Crippen LogP contribution in [0.4, 0.5) is 0 Å². The van der Waals surface area contributed by atoms with Crippen molar-refractivity contribution in [2.45, 2.75) is 10.9 Å². The van der Waals surface area contributed by atoms with Gasteiger partial charge in [-0.1, -0.05) is 30.3 Å². The van der Waals surface area contributed by atoms with Gasteiger partial charge < -0.3 is 4.74 Å². The van der Waals surface area contributed by atoms with E-state index >= 15 is 0 Å². The molecule has 0 heterocycles. The van der Waals surface area contributed by atoms with Crippen molar-refractivity contribution >= 4 is 38.6 Å². The van der Waals surface area contributed by atoms with Crippen LogP contribution < -0.4 is 4.72 Å². The summed E-state index contributed by atoms with van der Waals surface area (Å²) in [5.41, 5.74) is 0.517. The molecule has 0 fully saturated rings. The van der Waals surface area contributed by atoms with Gasteiger partial charge in [-0.25, -0.2) is 13.2 Å². The standard InChI is InChI=1S/C15H14INO4S/c1-21-15(18)14(11-5-3-2-4-6-11)17-22(19,20)13-9-7-12(16)8-10-13/h2-10,14,17H,1H3. The summed E-state index contributed by atoms with van der Waals surface area (Å²) in [5, 5.41) is 0. The van der Waals surface area contributed by atoms with Crippen LogP contribution in [0.3, 0.4) is 0 Å². The Hall–Kier alpha value is -1.45. The minimum absolute atomic E-state index is 0.0951. The molecule has 0 amide bonds. The SMILES string of the molecule is COC(=O)C(NS(=O)(=O)c1ccc(I)cc1)c1ccccc1. The van der Waals surface area contributed by atoms with Crippen LogP contribution in [0.1, 0.15) is 11.6 Å². The predicted octanol–water partition coefficient (Wildman–Crippen LogP) is 2.48. The summed E-state index contributed by atoms with van der Waals surface area (Å²) in [7, 11) is -2.61. The first-order chi connectivity index (χ1) is 10.4. The Labute approximate surface area is 142 Å². The molecule has 0 aliphatic rings. The number of benzene rings is 2. The molecule has 0 saturated carbocycles. The minimum Gasteiger partial charge on any atom is -0.468 e. The average molecular weight is 431 g/mol. The molecule has 0 aliphatic carbocycles. The number of carbonyl (C=O) groups is 1. The van der Waals surface area contributed by atoms with Crippen LogP contribution >= 0.6 is 22.6 Å². The van der Waals surface area contributed by atoms with E-state index in [2.05, 4.69) is 27.3 Å². The van der Waals surface area contributed by atoms with Gasteiger partial charge in [0.2, 0.25) is 10.0 Å². The van der Waals surface area contributed by atoms with E-state index in [-0.39, 0.29) is 4.90 Å². The number of methoxy groups -OCH3 is 1. The van der Waals surface area contributed by atoms with Gasteiger partial charge in [-0.2, -0.15) is 4.72 Å². The van der Waals surface area contributed by atoms with E-state index in [1.807, 2.05) is 0 Å². The number of hydrogen-bond donors (Lipinski definition) is 1. The fourth-order valence-electron chi connectivity index (χ4n) is 1.85. The van der Waals surface area contributed by atoms with Gasteiger partial charge in [0.1, 0.15) is 6.04 Å². The molecule has 1 unspecified atom stereocenters. The largest absolute Gasteiger partial charge is 0.468 e. The van der Waals surface area contributed by atoms with Crippen LogP contribution in [0.25, 0.3) is 0 Å². The number of carbonyl (C=O) groups excluding carboxylic acids is 1. The average Bonchev–Trinajstić information content (AvgIpc) is 2.53. The Balaban J connectivity index is 2.34. The summed E-state index contributed by atoms with van der Waals surface area (Å²) in [5.74, 6) is -0.666. The van der Waals surface area contributed by atoms with Crippen molar-refractivity contribution in [3.63, 3.8) is 0 Å². The van der Waals surface area contributed by atoms with E-state index in [1.54, 1.807) is 42.5 Å². The summed E-state index contributed by atoms with van der Waals surface area (Å²) in [6.07, 6.45) is 0. The molecule has 2 aromatic rings. The molecule has 1 N–H and O–H groups in total. The maximum Gasteiger partial charge on any atom is 0.328 e. The highest BCUT2D eigenvalue weighted by atomic mass is 127. The van der Waals surface area contributed by atoms with E-state index in [9.17, 15) is 13.2 Å². The minimum atomic E-state index is -3.83. The Morgan fingerprint density at radius 1 is 1.09 bits per heavy atom. The van der Waals surface area contributed by atoms with E-state index in [0.717, 1.165) is 3.57 Å². The smallest absolute Gasteiger partial charge is 0.328 e. The summed E-state index contributed by atoms with van der Waals surface area (Å²) < 4.78 is 32.9. The highest BCUT2D eigenvalue weighted by molar-refractivity contribution is 14.1. The van der Waals surface area contributed by atoms with Crippen molar-refractivity contribution in [1.29, 1.82) is 0 Å². The number of rotatable bonds is 5. The Morgan fingerprint density at radius 2 is 1.68 bits per heavy atom. The molecule has 0 aliphatic heterocycles. The highest BCUT2D eigenvalue weighted by Crippen LogP contribution is 2.19. The van der Waals surface area contributed by atoms with Crippen molar-refractivity contribution in [3.8, 4) is 0 Å². The number of sulfonamides is 1. The molecule has 7 heteroatoms. The van der Waals surface area contributed by atoms with Crippen LogP contribution in [-0.2, 0) is 19.6 Å². The number of esters is 1. The topological polar surface area (TPSA) is 72.5 Å². The molecule has 0 aromatic heterocycles. The number of nitrogens with one attached hydrogen (secondary N) is 1. The van der Waals surface area contributed by atoms with E-state index in [4.69, 9.17) is 4.74 Å². The highest BCUT2D eigenvalue weighted by Gasteiger charge is 2.27. The maximum atomic E-state index is 12.4. The second-order valence-corrected chi connectivity index (χ2v) is 7.40. The lowest BCUT2D eigenvalue weighted by Crippen LogP contribution is -2.34. The van der Waals surface area contributed by atoms with Gasteiger partial charge in [0.05, 0.1) is 12.0 Å². The molecular weight excluding hydrogens is 417 g/mol. The molecule has 2 rings (SSSR count). The fourth-order valence-corrected chi connectivity index (χ4v) is 3.39. The molecule has 5 nitrogen and oxygen atoms in total. The van der Waals surface area contributed by atoms with Crippen molar-refractivity contribution in [1.82, 2.24) is 4.72 Å². The number of ether oxygens (including phenoxy) is 1. The van der Waals surface area contributed by atoms with Crippen LogP contribution in [0.2, 0.25) is 0 Å². The summed E-state index contributed by atoms with van der Waals surface area (Å²) >= 11 is 2.09. The Morgan fingerprint density at radius 3 is 2.23 bits per heavy atom. The summed E-state index contributed by atoms with van der Waals surface area (Å²) in [6, 6.07) is 13.8. The van der Waals surface area contributed by atoms with Crippen molar-refractivity contribution in [2.24, 2.45) is 0 Å². The van der Waals surface area contributed by atoms with Crippen LogP contribution in [0, 0.1) is 3.57 Å². The second-order valence-electron chi connectivity index (χ2n) is 4.44. The monoisotopic (exact) mass is 431 g/mol. The van der Waals surface area contributed by atoms with E-state index < -0.39 is 22.0 Å². The predicted molar refractivity (Wildman–Crippen MR) is 90.7 cm³/mol. The molecule has 0 spiro atoms. The molecule has 0 bridgehead atoms. The molecular formula is C15H14INO4S. The van der Waals surface area contributed by atoms with Gasteiger partial charge in [0.15, 0.2) is 0 Å². The van der Waals surface area contributed by atoms with Gasteiger partial charge in [-0.15, -0.1) is 0 Å². The van der Waals surface area contributed by atoms with Crippen LogP contribution in [0.15, 0.2) is 59.5 Å². The van der Waals surface area contributed by atoms with Crippen LogP contribution in [0.5, 0.6) is 0 Å². The Kier molecular flexibility index (Phi) is 5.54. The van der Waals surface area contributed by atoms with Crippen LogP contribution in [-0.4, -0.2) is 21.5 Å². The zero-order valence-corrected chi connectivity index (χ0v) is 14.7. The summed E-state index contributed by atoms with van der Waals surface area (Å²) in [6.45, 7) is 0. The lowest BCUT2D eigenvalue weighted by atomic mass is 10.1. The summed E-state index contributed by atoms with van der Waals surface area (Å²) in [4.78, 5) is 12.0. The Bertz CT molecular complexity index is 745. The van der Waals surface area contributed by atoms with Gasteiger partial charge in [0.25, 0.3) is 0 Å². The van der Waals surface area contributed by atoms with Crippen molar-refractivity contribution < 1.29 is 17.9 Å². The fraction of sp³-hybridized carbons (Fsp3) is 0.133. The molecule has 116 valence electrons. The molecule has 0 radical (unpaired) electrons. The molecule has 1 atom stereocenters. The third-order valence-electron chi connectivity index (χ3n) is 2.97. The third kappa shape index (κ3) is 4.05. The lowest BCUT2D eigenvalue weighted by Gasteiger charge is -2.17. The van der Waals surface area contributed by atoms with Gasteiger partial charge in [-0.3, -0.25) is 0 Å². The van der Waals surface area contributed by atoms with Gasteiger partial charge in [0, 0.05) is 3.57 Å². The molecule has 2 aromatic carbocycles. The first-order valence-corrected chi connectivity index (χ1v) is 8.91. The molecule has 0 saturated heterocycles. The third-order valence-corrected chi connectivity index (χ3v) is 5.12. The quantitative estimate of drug-likeness (QED) is 0.584. The number of halogens is 1. The second kappa shape index (κ2) is 7.21. The van der Waals surface area contributed by atoms with Crippen molar-refractivity contribution in [3.05, 3.63) is 63.7 Å². The first-order valence-electron chi connectivity index (χ1n) is 6.35. The van der Waals surface area contributed by atoms with Gasteiger partial charge >= 0.3 is 5.97 Å². The van der Waals surface area contributed by atoms with Crippen molar-refractivity contribution in [2.75, 3.05) is 7.11 Å². The zero-order valence-electron chi connectivity index (χ0n) is 11.7. The van der Waals surface area contributed by atoms with Gasteiger partial charge in [-0.05, 0) is 52.4 Å². The van der Waals surface area contributed by atoms with E-state index in [0.29, 0.717) is 5.56 Å². The number of hydrogen-bond acceptors (Lipinski definition) is 4.